The van der Waals surface area contributed by atoms with E-state index < -0.39 is 0 Å². The smallest absolute Gasteiger partial charge is 0.140 e. The van der Waals surface area contributed by atoms with Crippen molar-refractivity contribution in [1.82, 2.24) is 5.32 Å². The van der Waals surface area contributed by atoms with E-state index >= 15 is 0 Å². The lowest BCUT2D eigenvalue weighted by Crippen LogP contribution is -2.31. The first-order valence-electron chi connectivity index (χ1n) is 6.45. The van der Waals surface area contributed by atoms with Gasteiger partial charge in [0.1, 0.15) is 5.78 Å². The molecule has 2 aliphatic rings. The quantitative estimate of drug-likeness (QED) is 0.774. The first-order chi connectivity index (χ1) is 7.21. The van der Waals surface area contributed by atoms with Crippen LogP contribution < -0.4 is 5.32 Å². The van der Waals surface area contributed by atoms with E-state index in [2.05, 4.69) is 12.2 Å². The summed E-state index contributed by atoms with van der Waals surface area (Å²) in [5.41, 5.74) is -0.0442. The predicted octanol–water partition coefficient (Wildman–Crippen LogP) is 2.53. The van der Waals surface area contributed by atoms with Crippen molar-refractivity contribution in [2.45, 2.75) is 51.9 Å². The number of carbonyl (C=O) groups is 1. The van der Waals surface area contributed by atoms with Gasteiger partial charge in [-0.1, -0.05) is 39.0 Å². The van der Waals surface area contributed by atoms with Gasteiger partial charge in [-0.3, -0.25) is 4.79 Å². The Bertz CT molecular complexity index is 225. The lowest BCUT2D eigenvalue weighted by atomic mass is 9.77. The van der Waals surface area contributed by atoms with E-state index in [-0.39, 0.29) is 5.41 Å². The minimum absolute atomic E-state index is 0.0442. The van der Waals surface area contributed by atoms with Crippen LogP contribution in [0.2, 0.25) is 0 Å². The van der Waals surface area contributed by atoms with Crippen LogP contribution in [0.25, 0.3) is 0 Å². The summed E-state index contributed by atoms with van der Waals surface area (Å²) in [5, 5.41) is 3.31. The van der Waals surface area contributed by atoms with Crippen LogP contribution in [0.5, 0.6) is 0 Å². The van der Waals surface area contributed by atoms with Crippen molar-refractivity contribution in [2.75, 3.05) is 13.1 Å². The van der Waals surface area contributed by atoms with Crippen LogP contribution >= 0.6 is 0 Å². The van der Waals surface area contributed by atoms with Crippen LogP contribution in [-0.4, -0.2) is 18.9 Å². The fraction of sp³-hybridized carbons (Fsp3) is 0.923. The molecule has 2 fully saturated rings. The molecule has 1 saturated carbocycles. The zero-order chi connectivity index (χ0) is 10.7. The van der Waals surface area contributed by atoms with Gasteiger partial charge < -0.3 is 5.32 Å². The van der Waals surface area contributed by atoms with Gasteiger partial charge in [-0.15, -0.1) is 0 Å². The van der Waals surface area contributed by atoms with Gasteiger partial charge in [-0.2, -0.15) is 0 Å². The first kappa shape index (κ1) is 11.1. The summed E-state index contributed by atoms with van der Waals surface area (Å²) in [5.74, 6) is 1.21. The summed E-state index contributed by atoms with van der Waals surface area (Å²) in [6.07, 6.45) is 8.52. The third-order valence-electron chi connectivity index (χ3n) is 4.24. The number of ketones is 1. The number of hydrogen-bond acceptors (Lipinski definition) is 2. The minimum Gasteiger partial charge on any atom is -0.316 e. The third-order valence-corrected chi connectivity index (χ3v) is 4.24. The van der Waals surface area contributed by atoms with E-state index in [1.54, 1.807) is 0 Å². The Morgan fingerprint density at radius 2 is 2.07 bits per heavy atom. The van der Waals surface area contributed by atoms with Gasteiger partial charge in [0.05, 0.1) is 0 Å². The standard InChI is InChI=1S/C13H23NO/c1-13(7-8-14-10-13)12(15)9-11-5-3-2-4-6-11/h11,14H,2-10H2,1H3. The Kier molecular flexibility index (Phi) is 3.45. The average Bonchev–Trinajstić information content (AvgIpc) is 2.68. The maximum absolute atomic E-state index is 12.2. The molecule has 0 aromatic heterocycles. The lowest BCUT2D eigenvalue weighted by molar-refractivity contribution is -0.128. The van der Waals surface area contributed by atoms with Crippen molar-refractivity contribution >= 4 is 5.78 Å². The molecule has 0 bridgehead atoms. The van der Waals surface area contributed by atoms with Crippen LogP contribution in [0.3, 0.4) is 0 Å². The summed E-state index contributed by atoms with van der Waals surface area (Å²) in [6.45, 7) is 4.06. The van der Waals surface area contributed by atoms with Gasteiger partial charge in [0.25, 0.3) is 0 Å². The Morgan fingerprint density at radius 1 is 1.33 bits per heavy atom. The Hall–Kier alpha value is -0.370. The molecule has 0 radical (unpaired) electrons. The van der Waals surface area contributed by atoms with Crippen LogP contribution in [0.4, 0.5) is 0 Å². The molecule has 0 amide bonds. The predicted molar refractivity (Wildman–Crippen MR) is 61.8 cm³/mol. The minimum atomic E-state index is -0.0442. The van der Waals surface area contributed by atoms with Crippen molar-refractivity contribution in [3.8, 4) is 0 Å². The molecule has 2 nitrogen and oxygen atoms in total. The number of nitrogens with one attached hydrogen (secondary N) is 1. The highest BCUT2D eigenvalue weighted by molar-refractivity contribution is 5.85. The summed E-state index contributed by atoms with van der Waals surface area (Å²) >= 11 is 0. The van der Waals surface area contributed by atoms with Crippen LogP contribution in [0, 0.1) is 11.3 Å². The zero-order valence-electron chi connectivity index (χ0n) is 9.85. The van der Waals surface area contributed by atoms with Gasteiger partial charge in [-0.05, 0) is 18.9 Å². The molecule has 2 heteroatoms. The summed E-state index contributed by atoms with van der Waals surface area (Å²) in [6, 6.07) is 0. The molecule has 1 unspecified atom stereocenters. The van der Waals surface area contributed by atoms with Gasteiger partial charge in [0.2, 0.25) is 0 Å². The van der Waals surface area contributed by atoms with Gasteiger partial charge in [-0.25, -0.2) is 0 Å². The van der Waals surface area contributed by atoms with E-state index in [1.165, 1.54) is 32.1 Å². The normalized spacial score (nSPS) is 33.1. The first-order valence-corrected chi connectivity index (χ1v) is 6.45. The number of rotatable bonds is 3. The maximum atomic E-state index is 12.2. The van der Waals surface area contributed by atoms with Crippen LogP contribution in [0.15, 0.2) is 0 Å². The van der Waals surface area contributed by atoms with E-state index in [0.29, 0.717) is 11.7 Å². The molecule has 1 atom stereocenters. The molecular weight excluding hydrogens is 186 g/mol. The summed E-state index contributed by atoms with van der Waals surface area (Å²) in [4.78, 5) is 12.2. The van der Waals surface area contributed by atoms with Crippen LogP contribution in [-0.2, 0) is 4.79 Å². The lowest BCUT2D eigenvalue weighted by Gasteiger charge is -2.26. The fourth-order valence-electron chi connectivity index (χ4n) is 2.95. The van der Waals surface area contributed by atoms with E-state index in [4.69, 9.17) is 0 Å². The molecule has 0 aromatic rings. The molecule has 1 heterocycles. The van der Waals surface area contributed by atoms with Crippen molar-refractivity contribution in [3.05, 3.63) is 0 Å². The zero-order valence-corrected chi connectivity index (χ0v) is 9.85. The maximum Gasteiger partial charge on any atom is 0.140 e. The third kappa shape index (κ3) is 2.60. The molecule has 1 N–H and O–H groups in total. The Balaban J connectivity index is 1.85. The summed E-state index contributed by atoms with van der Waals surface area (Å²) < 4.78 is 0. The molecule has 1 saturated heterocycles. The van der Waals surface area contributed by atoms with Crippen molar-refractivity contribution in [2.24, 2.45) is 11.3 Å². The molecule has 1 aliphatic heterocycles. The van der Waals surface area contributed by atoms with Crippen molar-refractivity contribution < 1.29 is 4.79 Å². The second kappa shape index (κ2) is 4.65. The average molecular weight is 209 g/mol. The molecular formula is C13H23NO. The Labute approximate surface area is 92.8 Å². The van der Waals surface area contributed by atoms with Gasteiger partial charge in [0, 0.05) is 18.4 Å². The SMILES string of the molecule is CC1(C(=O)CC2CCCCC2)CCNC1. The second-order valence-corrected chi connectivity index (χ2v) is 5.62. The topological polar surface area (TPSA) is 29.1 Å². The van der Waals surface area contributed by atoms with Gasteiger partial charge in [0.15, 0.2) is 0 Å². The molecule has 0 spiro atoms. The molecule has 1 aliphatic carbocycles. The van der Waals surface area contributed by atoms with Crippen molar-refractivity contribution in [1.29, 1.82) is 0 Å². The molecule has 0 aromatic carbocycles. The second-order valence-electron chi connectivity index (χ2n) is 5.62. The largest absolute Gasteiger partial charge is 0.316 e. The highest BCUT2D eigenvalue weighted by atomic mass is 16.1. The van der Waals surface area contributed by atoms with Crippen molar-refractivity contribution in [3.63, 3.8) is 0 Å². The van der Waals surface area contributed by atoms with Gasteiger partial charge >= 0.3 is 0 Å². The molecule has 86 valence electrons. The fourth-order valence-corrected chi connectivity index (χ4v) is 2.95. The summed E-state index contributed by atoms with van der Waals surface area (Å²) in [7, 11) is 0. The number of hydrogen-bond donors (Lipinski definition) is 1. The van der Waals surface area contributed by atoms with Crippen LogP contribution in [0.1, 0.15) is 51.9 Å². The number of carbonyl (C=O) groups excluding carboxylic acids is 1. The highest BCUT2D eigenvalue weighted by Crippen LogP contribution is 2.33. The molecule has 15 heavy (non-hydrogen) atoms. The highest BCUT2D eigenvalue weighted by Gasteiger charge is 2.36. The monoisotopic (exact) mass is 209 g/mol. The molecule has 2 rings (SSSR count). The van der Waals surface area contributed by atoms with E-state index in [9.17, 15) is 4.79 Å². The number of Topliss-reactive ketones (excluding diaryl/α,β-unsaturated/α-hetero) is 1. The Morgan fingerprint density at radius 3 is 2.67 bits per heavy atom. The van der Waals surface area contributed by atoms with E-state index in [0.717, 1.165) is 25.9 Å². The van der Waals surface area contributed by atoms with E-state index in [1.807, 2.05) is 0 Å².